The van der Waals surface area contributed by atoms with Crippen molar-refractivity contribution in [2.24, 2.45) is 0 Å². The third kappa shape index (κ3) is 1.77. The molecule has 0 spiro atoms. The topological polar surface area (TPSA) is 46.5 Å². The van der Waals surface area contributed by atoms with Crippen molar-refractivity contribution in [3.8, 4) is 5.69 Å². The number of H-pyrrole nitrogens is 1. The molecule has 0 fully saturated rings. The molecule has 0 amide bonds. The number of thiazole rings is 1. The fraction of sp³-hybridized carbons (Fsp3) is 0.250. The smallest absolute Gasteiger partial charge is 0.199 e. The predicted octanol–water partition coefficient (Wildman–Crippen LogP) is 3.66. The van der Waals surface area contributed by atoms with Crippen molar-refractivity contribution >= 4 is 33.8 Å². The highest BCUT2D eigenvalue weighted by Crippen LogP contribution is 2.23. The Balaban J connectivity index is 2.25. The van der Waals surface area contributed by atoms with Crippen molar-refractivity contribution in [3.05, 3.63) is 34.3 Å². The van der Waals surface area contributed by atoms with Gasteiger partial charge in [-0.1, -0.05) is 13.8 Å². The Hall–Kier alpha value is -1.53. The van der Waals surface area contributed by atoms with Crippen LogP contribution in [0.25, 0.3) is 15.9 Å². The van der Waals surface area contributed by atoms with E-state index in [4.69, 9.17) is 12.2 Å². The maximum absolute atomic E-state index is 5.31. The van der Waals surface area contributed by atoms with Gasteiger partial charge in [-0.3, -0.25) is 9.67 Å². The molecule has 18 heavy (non-hydrogen) atoms. The standard InChI is InChI=1S/C12H12N4S2/c1-7(2)11-14-15-12(17)16(11)8-3-4-9-10(5-8)18-6-13-9/h3-7H,1-2H3,(H,15,17). The quantitative estimate of drug-likeness (QED) is 0.727. The van der Waals surface area contributed by atoms with Crippen LogP contribution in [0.1, 0.15) is 25.6 Å². The van der Waals surface area contributed by atoms with E-state index in [2.05, 4.69) is 35.1 Å². The second-order valence-electron chi connectivity index (χ2n) is 4.38. The molecule has 2 aromatic heterocycles. The Morgan fingerprint density at radius 2 is 2.22 bits per heavy atom. The largest absolute Gasteiger partial charge is 0.272 e. The van der Waals surface area contributed by atoms with Gasteiger partial charge in [0.25, 0.3) is 0 Å². The van der Waals surface area contributed by atoms with E-state index in [1.165, 1.54) is 0 Å². The molecular formula is C12H12N4S2. The molecule has 2 heterocycles. The fourth-order valence-electron chi connectivity index (χ4n) is 1.93. The van der Waals surface area contributed by atoms with Gasteiger partial charge in [0.15, 0.2) is 4.77 Å². The van der Waals surface area contributed by atoms with Gasteiger partial charge in [-0.25, -0.2) is 4.98 Å². The van der Waals surface area contributed by atoms with E-state index in [1.807, 2.05) is 22.2 Å². The summed E-state index contributed by atoms with van der Waals surface area (Å²) in [6, 6.07) is 6.14. The van der Waals surface area contributed by atoms with Crippen LogP contribution in [0.15, 0.2) is 23.7 Å². The van der Waals surface area contributed by atoms with Crippen LogP contribution in [-0.4, -0.2) is 19.7 Å². The zero-order valence-electron chi connectivity index (χ0n) is 10.0. The highest BCUT2D eigenvalue weighted by Gasteiger charge is 2.12. The Labute approximate surface area is 113 Å². The molecule has 1 N–H and O–H groups in total. The van der Waals surface area contributed by atoms with Crippen LogP contribution in [-0.2, 0) is 0 Å². The highest BCUT2D eigenvalue weighted by atomic mass is 32.1. The molecule has 0 radical (unpaired) electrons. The highest BCUT2D eigenvalue weighted by molar-refractivity contribution is 7.71. The molecule has 0 saturated carbocycles. The van der Waals surface area contributed by atoms with Crippen molar-refractivity contribution in [1.82, 2.24) is 19.7 Å². The van der Waals surface area contributed by atoms with Crippen molar-refractivity contribution in [3.63, 3.8) is 0 Å². The minimum Gasteiger partial charge on any atom is -0.272 e. The lowest BCUT2D eigenvalue weighted by Gasteiger charge is -2.08. The third-order valence-corrected chi connectivity index (χ3v) is 3.85. The number of nitrogens with zero attached hydrogens (tertiary/aromatic N) is 3. The van der Waals surface area contributed by atoms with Gasteiger partial charge >= 0.3 is 0 Å². The van der Waals surface area contributed by atoms with Crippen molar-refractivity contribution in [2.75, 3.05) is 0 Å². The molecule has 0 aliphatic rings. The van der Waals surface area contributed by atoms with Crippen LogP contribution in [0.5, 0.6) is 0 Å². The van der Waals surface area contributed by atoms with Gasteiger partial charge in [0.05, 0.1) is 21.4 Å². The van der Waals surface area contributed by atoms with Crippen molar-refractivity contribution in [2.45, 2.75) is 19.8 Å². The summed E-state index contributed by atoms with van der Waals surface area (Å²) >= 11 is 6.94. The van der Waals surface area contributed by atoms with E-state index >= 15 is 0 Å². The maximum Gasteiger partial charge on any atom is 0.199 e. The van der Waals surface area contributed by atoms with E-state index in [0.717, 1.165) is 21.7 Å². The third-order valence-electron chi connectivity index (χ3n) is 2.79. The molecule has 0 aliphatic heterocycles. The molecule has 0 bridgehead atoms. The maximum atomic E-state index is 5.31. The summed E-state index contributed by atoms with van der Waals surface area (Å²) in [5, 5.41) is 7.16. The lowest BCUT2D eigenvalue weighted by Crippen LogP contribution is -2.03. The van der Waals surface area contributed by atoms with Crippen LogP contribution in [0, 0.1) is 4.77 Å². The molecular weight excluding hydrogens is 264 g/mol. The zero-order valence-corrected chi connectivity index (χ0v) is 11.7. The molecule has 4 nitrogen and oxygen atoms in total. The van der Waals surface area contributed by atoms with Crippen LogP contribution in [0.4, 0.5) is 0 Å². The number of aromatic amines is 1. The Morgan fingerprint density at radius 3 is 3.00 bits per heavy atom. The first-order valence-electron chi connectivity index (χ1n) is 5.68. The van der Waals surface area contributed by atoms with Crippen LogP contribution < -0.4 is 0 Å². The first-order valence-corrected chi connectivity index (χ1v) is 6.96. The SMILES string of the molecule is CC(C)c1n[nH]c(=S)n1-c1ccc2ncsc2c1. The van der Waals surface area contributed by atoms with Gasteiger partial charge in [-0.15, -0.1) is 11.3 Å². The second kappa shape index (κ2) is 4.29. The van der Waals surface area contributed by atoms with E-state index < -0.39 is 0 Å². The Bertz CT molecular complexity index is 751. The summed E-state index contributed by atoms with van der Waals surface area (Å²) in [7, 11) is 0. The monoisotopic (exact) mass is 276 g/mol. The molecule has 0 saturated heterocycles. The van der Waals surface area contributed by atoms with Crippen LogP contribution >= 0.6 is 23.6 Å². The number of benzene rings is 1. The first kappa shape index (κ1) is 11.6. The van der Waals surface area contributed by atoms with Gasteiger partial charge in [0, 0.05) is 5.92 Å². The lowest BCUT2D eigenvalue weighted by molar-refractivity contribution is 0.744. The van der Waals surface area contributed by atoms with E-state index in [-0.39, 0.29) is 0 Å². The van der Waals surface area contributed by atoms with Gasteiger partial charge < -0.3 is 0 Å². The number of hydrogen-bond acceptors (Lipinski definition) is 4. The molecule has 6 heteroatoms. The molecule has 92 valence electrons. The Morgan fingerprint density at radius 1 is 1.39 bits per heavy atom. The number of aromatic nitrogens is 4. The number of nitrogens with one attached hydrogen (secondary N) is 1. The van der Waals surface area contributed by atoms with Gasteiger partial charge in [-0.05, 0) is 30.4 Å². The number of hydrogen-bond donors (Lipinski definition) is 1. The van der Waals surface area contributed by atoms with Gasteiger partial charge in [0.1, 0.15) is 5.82 Å². The average Bonchev–Trinajstić information content (AvgIpc) is 2.93. The van der Waals surface area contributed by atoms with E-state index in [1.54, 1.807) is 11.3 Å². The zero-order chi connectivity index (χ0) is 12.7. The van der Waals surface area contributed by atoms with E-state index in [9.17, 15) is 0 Å². The molecule has 0 unspecified atom stereocenters. The minimum atomic E-state index is 0.315. The number of rotatable bonds is 2. The van der Waals surface area contributed by atoms with Crippen LogP contribution in [0.3, 0.4) is 0 Å². The van der Waals surface area contributed by atoms with Crippen LogP contribution in [0.2, 0.25) is 0 Å². The summed E-state index contributed by atoms with van der Waals surface area (Å²) < 4.78 is 3.77. The fourth-order valence-corrected chi connectivity index (χ4v) is 2.88. The molecule has 0 aliphatic carbocycles. The first-order chi connectivity index (χ1) is 8.66. The minimum absolute atomic E-state index is 0.315. The van der Waals surface area contributed by atoms with Gasteiger partial charge in [0.2, 0.25) is 0 Å². The Kier molecular flexibility index (Phi) is 2.76. The van der Waals surface area contributed by atoms with Crippen molar-refractivity contribution < 1.29 is 0 Å². The summed E-state index contributed by atoms with van der Waals surface area (Å²) in [6.07, 6.45) is 0. The van der Waals surface area contributed by atoms with E-state index in [0.29, 0.717) is 10.7 Å². The van der Waals surface area contributed by atoms with Gasteiger partial charge in [-0.2, -0.15) is 5.10 Å². The second-order valence-corrected chi connectivity index (χ2v) is 5.65. The average molecular weight is 276 g/mol. The summed E-state index contributed by atoms with van der Waals surface area (Å²) in [5.74, 6) is 1.26. The van der Waals surface area contributed by atoms with Crippen molar-refractivity contribution in [1.29, 1.82) is 0 Å². The summed E-state index contributed by atoms with van der Waals surface area (Å²) in [6.45, 7) is 4.21. The normalized spacial score (nSPS) is 11.5. The summed E-state index contributed by atoms with van der Waals surface area (Å²) in [5.41, 5.74) is 3.91. The molecule has 3 aromatic rings. The molecule has 3 rings (SSSR count). The molecule has 0 atom stereocenters. The summed E-state index contributed by atoms with van der Waals surface area (Å²) in [4.78, 5) is 4.28. The predicted molar refractivity (Wildman–Crippen MR) is 76.0 cm³/mol. The number of fused-ring (bicyclic) bond motifs is 1. The molecule has 1 aromatic carbocycles. The lowest BCUT2D eigenvalue weighted by atomic mass is 10.2.